The van der Waals surface area contributed by atoms with Gasteiger partial charge in [-0.05, 0) is 68.4 Å². The maximum absolute atomic E-state index is 13.1. The first-order valence-corrected chi connectivity index (χ1v) is 14.3. The molecule has 4 atom stereocenters. The number of aliphatic imine (C=N–C) groups is 1. The maximum atomic E-state index is 13.1. The monoisotopic (exact) mass is 522 g/mol. The Balaban J connectivity index is 0.995. The van der Waals surface area contributed by atoms with E-state index in [-0.39, 0.29) is 42.3 Å². The number of nitrogens with one attached hydrogen (secondary N) is 2. The van der Waals surface area contributed by atoms with E-state index >= 15 is 0 Å². The van der Waals surface area contributed by atoms with E-state index in [1.807, 2.05) is 6.07 Å². The van der Waals surface area contributed by atoms with Gasteiger partial charge in [-0.15, -0.1) is 0 Å². The van der Waals surface area contributed by atoms with Crippen molar-refractivity contribution in [2.75, 3.05) is 12.4 Å². The third kappa shape index (κ3) is 3.86. The summed E-state index contributed by atoms with van der Waals surface area (Å²) in [5.74, 6) is 2.47. The molecule has 8 rings (SSSR count). The molecule has 4 amide bonds. The van der Waals surface area contributed by atoms with Crippen LogP contribution in [0.4, 0.5) is 0 Å². The fourth-order valence-corrected chi connectivity index (χ4v) is 8.71. The number of amides is 4. The molecule has 9 nitrogen and oxygen atoms in total. The van der Waals surface area contributed by atoms with Gasteiger partial charge in [0.05, 0.1) is 12.6 Å². The van der Waals surface area contributed by atoms with Crippen LogP contribution in [-0.2, 0) is 20.9 Å². The Morgan fingerprint density at radius 2 is 2.00 bits per heavy atom. The van der Waals surface area contributed by atoms with E-state index in [1.54, 1.807) is 12.1 Å². The number of carbonyl (C=O) groups is 4. The molecule has 1 saturated heterocycles. The number of hydrogen-bond acceptors (Lipinski definition) is 7. The molecular weight excluding hydrogens is 492 g/mol. The third-order valence-electron chi connectivity index (χ3n) is 9.23. The number of fused-ring (bicyclic) bond motifs is 1. The van der Waals surface area contributed by atoms with Gasteiger partial charge in [0.2, 0.25) is 11.8 Å². The lowest BCUT2D eigenvalue weighted by Gasteiger charge is -2.33. The first kappa shape index (κ1) is 23.3. The molecule has 4 bridgehead atoms. The van der Waals surface area contributed by atoms with Gasteiger partial charge in [-0.25, -0.2) is 0 Å². The molecule has 4 saturated carbocycles. The smallest absolute Gasteiger partial charge is 0.276 e. The second-order valence-corrected chi connectivity index (χ2v) is 12.6. The SMILES string of the molecule is O=C1CCC(N2Cc3c(OCC4CSC(C(=O)NC56CC7CC(CC5C7)C6)=N4)cccc3C2=O)C(=O)N1. The minimum atomic E-state index is -0.660. The lowest BCUT2D eigenvalue weighted by atomic mass is 9.80. The number of ether oxygens (including phenoxy) is 1. The van der Waals surface area contributed by atoms with Crippen molar-refractivity contribution in [3.63, 3.8) is 0 Å². The summed E-state index contributed by atoms with van der Waals surface area (Å²) in [6, 6.07) is 4.54. The molecule has 4 unspecified atom stereocenters. The van der Waals surface area contributed by atoms with Gasteiger partial charge in [0.1, 0.15) is 18.4 Å². The number of rotatable bonds is 6. The van der Waals surface area contributed by atoms with Crippen molar-refractivity contribution in [1.82, 2.24) is 15.5 Å². The highest BCUT2D eigenvalue weighted by Gasteiger charge is 2.58. The molecule has 0 aromatic heterocycles. The normalized spacial score (nSPS) is 35.6. The van der Waals surface area contributed by atoms with E-state index < -0.39 is 11.9 Å². The van der Waals surface area contributed by atoms with Crippen LogP contribution < -0.4 is 15.4 Å². The summed E-state index contributed by atoms with van der Waals surface area (Å²) in [5, 5.41) is 6.28. The first-order chi connectivity index (χ1) is 17.9. The molecule has 4 aliphatic carbocycles. The first-order valence-electron chi connectivity index (χ1n) is 13.3. The summed E-state index contributed by atoms with van der Waals surface area (Å²) in [6.07, 6.45) is 6.65. The summed E-state index contributed by atoms with van der Waals surface area (Å²) in [4.78, 5) is 56.2. The van der Waals surface area contributed by atoms with Crippen LogP contribution in [0.3, 0.4) is 0 Å². The van der Waals surface area contributed by atoms with Crippen molar-refractivity contribution in [3.05, 3.63) is 29.3 Å². The molecule has 7 aliphatic rings. The fraction of sp³-hybridized carbons (Fsp3) is 0.593. The number of carbonyl (C=O) groups excluding carboxylic acids is 4. The van der Waals surface area contributed by atoms with Gasteiger partial charge in [-0.3, -0.25) is 29.5 Å². The van der Waals surface area contributed by atoms with Crippen molar-refractivity contribution in [2.24, 2.45) is 22.7 Å². The van der Waals surface area contributed by atoms with Crippen LogP contribution >= 0.6 is 11.8 Å². The highest BCUT2D eigenvalue weighted by atomic mass is 32.2. The average molecular weight is 523 g/mol. The molecule has 2 N–H and O–H groups in total. The van der Waals surface area contributed by atoms with Gasteiger partial charge >= 0.3 is 0 Å². The Kier molecular flexibility index (Phi) is 5.39. The number of thioether (sulfide) groups is 1. The quantitative estimate of drug-likeness (QED) is 0.553. The standard InChI is InChI=1S/C27H30N4O5S/c32-22-5-4-20(23(33)29-22)31-11-19-18(26(31)35)2-1-3-21(19)36-12-17-13-37-25(28-17)24(34)30-27-9-14-6-15(10-27)8-16(27)7-14/h1-3,14-17,20H,4-13H2,(H,30,34)(H,29,32,33). The topological polar surface area (TPSA) is 117 Å². The molecule has 10 heteroatoms. The minimum absolute atomic E-state index is 0.00609. The Labute approximate surface area is 219 Å². The second kappa shape index (κ2) is 8.58. The number of hydrogen-bond donors (Lipinski definition) is 2. The molecule has 3 aliphatic heterocycles. The fourth-order valence-electron chi connectivity index (χ4n) is 7.78. The lowest BCUT2D eigenvalue weighted by molar-refractivity contribution is -0.137. The minimum Gasteiger partial charge on any atom is -0.491 e. The van der Waals surface area contributed by atoms with Crippen LogP contribution in [0.5, 0.6) is 5.75 Å². The molecule has 1 aromatic carbocycles. The van der Waals surface area contributed by atoms with Crippen molar-refractivity contribution in [2.45, 2.75) is 69.1 Å². The number of imide groups is 1. The lowest BCUT2D eigenvalue weighted by Crippen LogP contribution is -2.52. The van der Waals surface area contributed by atoms with E-state index in [0.717, 1.165) is 30.2 Å². The molecule has 3 heterocycles. The molecular formula is C27H30N4O5S. The van der Waals surface area contributed by atoms with Crippen molar-refractivity contribution in [3.8, 4) is 5.75 Å². The second-order valence-electron chi connectivity index (χ2n) is 11.5. The van der Waals surface area contributed by atoms with Gasteiger partial charge in [0.25, 0.3) is 11.8 Å². The van der Waals surface area contributed by atoms with Crippen molar-refractivity contribution >= 4 is 40.4 Å². The number of nitrogens with zero attached hydrogens (tertiary/aromatic N) is 2. The van der Waals surface area contributed by atoms with E-state index in [0.29, 0.717) is 41.1 Å². The summed E-state index contributed by atoms with van der Waals surface area (Å²) in [6.45, 7) is 0.572. The predicted octanol–water partition coefficient (Wildman–Crippen LogP) is 2.04. The largest absolute Gasteiger partial charge is 0.491 e. The van der Waals surface area contributed by atoms with Gasteiger partial charge in [0, 0.05) is 28.8 Å². The number of piperidine rings is 1. The van der Waals surface area contributed by atoms with Crippen LogP contribution in [0, 0.1) is 17.8 Å². The van der Waals surface area contributed by atoms with Crippen LogP contribution in [0.2, 0.25) is 0 Å². The van der Waals surface area contributed by atoms with Gasteiger partial charge in [-0.2, -0.15) is 0 Å². The zero-order valence-corrected chi connectivity index (χ0v) is 21.4. The Morgan fingerprint density at radius 1 is 1.19 bits per heavy atom. The summed E-state index contributed by atoms with van der Waals surface area (Å²) >= 11 is 1.49. The Bertz CT molecular complexity index is 1230. The molecule has 1 aromatic rings. The Hall–Kier alpha value is -2.88. The number of benzene rings is 1. The van der Waals surface area contributed by atoms with Crippen LogP contribution in [0.15, 0.2) is 23.2 Å². The summed E-state index contributed by atoms with van der Waals surface area (Å²) < 4.78 is 6.12. The Morgan fingerprint density at radius 3 is 2.78 bits per heavy atom. The zero-order valence-electron chi connectivity index (χ0n) is 20.5. The summed E-state index contributed by atoms with van der Waals surface area (Å²) in [5.41, 5.74) is 1.26. The maximum Gasteiger partial charge on any atom is 0.276 e. The van der Waals surface area contributed by atoms with Crippen molar-refractivity contribution < 1.29 is 23.9 Å². The average Bonchev–Trinajstić information content (AvgIpc) is 3.58. The van der Waals surface area contributed by atoms with Crippen LogP contribution in [0.25, 0.3) is 0 Å². The van der Waals surface area contributed by atoms with Gasteiger partial charge < -0.3 is 15.0 Å². The van der Waals surface area contributed by atoms with E-state index in [2.05, 4.69) is 15.6 Å². The van der Waals surface area contributed by atoms with Crippen molar-refractivity contribution in [1.29, 1.82) is 0 Å². The summed E-state index contributed by atoms with van der Waals surface area (Å²) in [7, 11) is 0. The molecule has 0 radical (unpaired) electrons. The van der Waals surface area contributed by atoms with Gasteiger partial charge in [0.15, 0.2) is 5.04 Å². The zero-order chi connectivity index (χ0) is 25.3. The molecule has 0 spiro atoms. The van der Waals surface area contributed by atoms with Crippen LogP contribution in [-0.4, -0.2) is 63.6 Å². The van der Waals surface area contributed by atoms with E-state index in [4.69, 9.17) is 4.74 Å². The highest BCUT2D eigenvalue weighted by Crippen LogP contribution is 2.60. The van der Waals surface area contributed by atoms with Crippen LogP contribution in [0.1, 0.15) is 60.9 Å². The highest BCUT2D eigenvalue weighted by molar-refractivity contribution is 8.16. The molecule has 37 heavy (non-hydrogen) atoms. The molecule has 194 valence electrons. The van der Waals surface area contributed by atoms with E-state index in [1.165, 1.54) is 35.9 Å². The van der Waals surface area contributed by atoms with E-state index in [9.17, 15) is 19.2 Å². The predicted molar refractivity (Wildman–Crippen MR) is 136 cm³/mol. The van der Waals surface area contributed by atoms with Gasteiger partial charge in [-0.1, -0.05) is 17.8 Å². The molecule has 5 fully saturated rings. The third-order valence-corrected chi connectivity index (χ3v) is 10.3.